The van der Waals surface area contributed by atoms with Gasteiger partial charge in [0.1, 0.15) is 13.2 Å². The Morgan fingerprint density at radius 2 is 1.73 bits per heavy atom. The second kappa shape index (κ2) is 8.88. The minimum absolute atomic E-state index is 0.0152. The summed E-state index contributed by atoms with van der Waals surface area (Å²) < 4.78 is 11.1. The van der Waals surface area contributed by atoms with Crippen molar-refractivity contribution >= 4 is 17.4 Å². The van der Waals surface area contributed by atoms with E-state index in [9.17, 15) is 9.59 Å². The number of nitrogens with one attached hydrogen (secondary N) is 1. The van der Waals surface area contributed by atoms with Crippen LogP contribution in [0.2, 0.25) is 0 Å². The van der Waals surface area contributed by atoms with Gasteiger partial charge >= 0.3 is 0 Å². The van der Waals surface area contributed by atoms with Crippen LogP contribution in [0.25, 0.3) is 0 Å². The van der Waals surface area contributed by atoms with E-state index >= 15 is 0 Å². The van der Waals surface area contributed by atoms with Crippen molar-refractivity contribution in [2.75, 3.05) is 38.2 Å². The van der Waals surface area contributed by atoms with Gasteiger partial charge in [-0.3, -0.25) is 14.5 Å². The van der Waals surface area contributed by atoms with Gasteiger partial charge < -0.3 is 14.8 Å². The first-order chi connectivity index (χ1) is 14.5. The maximum absolute atomic E-state index is 12.9. The Balaban J connectivity index is 1.29. The highest BCUT2D eigenvalue weighted by Gasteiger charge is 2.27. The minimum atomic E-state index is -0.0220. The lowest BCUT2D eigenvalue weighted by Crippen LogP contribution is -2.40. The molecule has 2 aliphatic heterocycles. The normalized spacial score (nSPS) is 16.9. The Labute approximate surface area is 177 Å². The summed E-state index contributed by atoms with van der Waals surface area (Å²) in [6, 6.07) is 11.4. The van der Waals surface area contributed by atoms with Crippen LogP contribution in [0.5, 0.6) is 11.5 Å². The molecular formula is C24H28N2O4. The summed E-state index contributed by atoms with van der Waals surface area (Å²) in [6.45, 7) is 6.90. The van der Waals surface area contributed by atoms with Gasteiger partial charge in [0.2, 0.25) is 5.91 Å². The third kappa shape index (κ3) is 4.65. The van der Waals surface area contributed by atoms with Crippen molar-refractivity contribution in [1.82, 2.24) is 4.90 Å². The smallest absolute Gasteiger partial charge is 0.238 e. The molecule has 1 amide bonds. The second-order valence-electron chi connectivity index (χ2n) is 8.14. The zero-order chi connectivity index (χ0) is 21.1. The summed E-state index contributed by atoms with van der Waals surface area (Å²) in [5.74, 6) is 1.45. The third-order valence-corrected chi connectivity index (χ3v) is 5.81. The number of Topliss-reactive ketones (excluding diaryl/α,β-unsaturated/α-hetero) is 1. The average Bonchev–Trinajstić information content (AvgIpc) is 2.75. The lowest BCUT2D eigenvalue weighted by Gasteiger charge is -2.31. The number of carbonyl (C=O) groups is 2. The van der Waals surface area contributed by atoms with Crippen LogP contribution >= 0.6 is 0 Å². The van der Waals surface area contributed by atoms with Gasteiger partial charge in [-0.15, -0.1) is 0 Å². The fourth-order valence-electron chi connectivity index (χ4n) is 4.13. The Bertz CT molecular complexity index is 948. The number of piperidine rings is 1. The topological polar surface area (TPSA) is 67.9 Å². The van der Waals surface area contributed by atoms with Crippen LogP contribution in [0.1, 0.15) is 34.3 Å². The molecule has 0 atom stereocenters. The first-order valence-corrected chi connectivity index (χ1v) is 10.5. The molecule has 2 aromatic carbocycles. The molecule has 0 radical (unpaired) electrons. The zero-order valence-corrected chi connectivity index (χ0v) is 17.6. The molecule has 2 aliphatic rings. The number of benzene rings is 2. The molecular weight excluding hydrogens is 380 g/mol. The number of hydrogen-bond acceptors (Lipinski definition) is 5. The monoisotopic (exact) mass is 408 g/mol. The SMILES string of the molecule is Cc1ccc(NC(=O)CN2CCC(C(=O)c3ccc4c(c3)OCCO4)CC2)c(C)c1. The highest BCUT2D eigenvalue weighted by molar-refractivity contribution is 5.98. The molecule has 1 saturated heterocycles. The van der Waals surface area contributed by atoms with E-state index in [1.165, 1.54) is 5.56 Å². The van der Waals surface area contributed by atoms with Gasteiger partial charge in [-0.05, 0) is 69.6 Å². The number of likely N-dealkylation sites (tertiary alicyclic amines) is 1. The van der Waals surface area contributed by atoms with E-state index in [0.29, 0.717) is 36.8 Å². The number of hydrogen-bond donors (Lipinski definition) is 1. The maximum atomic E-state index is 12.9. The Hall–Kier alpha value is -2.86. The molecule has 2 heterocycles. The Morgan fingerprint density at radius 1 is 1.00 bits per heavy atom. The minimum Gasteiger partial charge on any atom is -0.486 e. The van der Waals surface area contributed by atoms with Crippen LogP contribution in [-0.4, -0.2) is 49.4 Å². The summed E-state index contributed by atoms with van der Waals surface area (Å²) in [7, 11) is 0. The fourth-order valence-corrected chi connectivity index (χ4v) is 4.13. The summed E-state index contributed by atoms with van der Waals surface area (Å²) in [6.07, 6.45) is 1.51. The van der Waals surface area contributed by atoms with E-state index < -0.39 is 0 Å². The molecule has 1 fully saturated rings. The van der Waals surface area contributed by atoms with Crippen molar-refractivity contribution in [3.05, 3.63) is 53.1 Å². The van der Waals surface area contributed by atoms with Crippen molar-refractivity contribution in [3.63, 3.8) is 0 Å². The van der Waals surface area contributed by atoms with E-state index in [-0.39, 0.29) is 17.6 Å². The van der Waals surface area contributed by atoms with Gasteiger partial charge in [-0.2, -0.15) is 0 Å². The molecule has 0 bridgehead atoms. The number of aryl methyl sites for hydroxylation is 2. The molecule has 6 nitrogen and oxygen atoms in total. The molecule has 1 N–H and O–H groups in total. The van der Waals surface area contributed by atoms with Gasteiger partial charge in [-0.25, -0.2) is 0 Å². The largest absolute Gasteiger partial charge is 0.486 e. The lowest BCUT2D eigenvalue weighted by molar-refractivity contribution is -0.117. The quantitative estimate of drug-likeness (QED) is 0.766. The first kappa shape index (κ1) is 20.4. The molecule has 0 aromatic heterocycles. The lowest BCUT2D eigenvalue weighted by atomic mass is 9.88. The number of rotatable bonds is 5. The van der Waals surface area contributed by atoms with E-state index in [4.69, 9.17) is 9.47 Å². The first-order valence-electron chi connectivity index (χ1n) is 10.5. The Morgan fingerprint density at radius 3 is 2.47 bits per heavy atom. The van der Waals surface area contributed by atoms with Gasteiger partial charge in [0.05, 0.1) is 6.54 Å². The van der Waals surface area contributed by atoms with Crippen molar-refractivity contribution in [2.45, 2.75) is 26.7 Å². The fraction of sp³-hybridized carbons (Fsp3) is 0.417. The summed E-state index contributed by atoms with van der Waals surface area (Å²) in [5.41, 5.74) is 3.77. The van der Waals surface area contributed by atoms with E-state index in [1.54, 1.807) is 6.07 Å². The molecule has 0 aliphatic carbocycles. The molecule has 30 heavy (non-hydrogen) atoms. The molecule has 0 spiro atoms. The van der Waals surface area contributed by atoms with Crippen LogP contribution in [-0.2, 0) is 4.79 Å². The van der Waals surface area contributed by atoms with E-state index in [2.05, 4.69) is 16.3 Å². The van der Waals surface area contributed by atoms with Crippen molar-refractivity contribution < 1.29 is 19.1 Å². The van der Waals surface area contributed by atoms with Gasteiger partial charge in [-0.1, -0.05) is 17.7 Å². The van der Waals surface area contributed by atoms with Crippen LogP contribution < -0.4 is 14.8 Å². The molecule has 0 saturated carbocycles. The molecule has 6 heteroatoms. The molecule has 2 aromatic rings. The van der Waals surface area contributed by atoms with Crippen LogP contribution in [0.4, 0.5) is 5.69 Å². The summed E-state index contributed by atoms with van der Waals surface area (Å²) in [5, 5.41) is 3.00. The second-order valence-corrected chi connectivity index (χ2v) is 8.14. The zero-order valence-electron chi connectivity index (χ0n) is 17.6. The number of ether oxygens (including phenoxy) is 2. The standard InChI is InChI=1S/C24H28N2O4/c1-16-3-5-20(17(2)13-16)25-23(27)15-26-9-7-18(8-10-26)24(28)19-4-6-21-22(14-19)30-12-11-29-21/h3-6,13-14,18H,7-12,15H2,1-2H3,(H,25,27). The predicted molar refractivity (Wildman–Crippen MR) is 115 cm³/mol. The molecule has 158 valence electrons. The predicted octanol–water partition coefficient (Wildman–Crippen LogP) is 3.61. The summed E-state index contributed by atoms with van der Waals surface area (Å²) >= 11 is 0. The highest BCUT2D eigenvalue weighted by atomic mass is 16.6. The van der Waals surface area contributed by atoms with Crippen molar-refractivity contribution in [2.24, 2.45) is 5.92 Å². The van der Waals surface area contributed by atoms with Crippen LogP contribution in [0, 0.1) is 19.8 Å². The maximum Gasteiger partial charge on any atom is 0.238 e. The number of amides is 1. The number of nitrogens with zero attached hydrogens (tertiary/aromatic N) is 1. The van der Waals surface area contributed by atoms with Crippen molar-refractivity contribution in [3.8, 4) is 11.5 Å². The van der Waals surface area contributed by atoms with Gasteiger partial charge in [0.25, 0.3) is 0 Å². The average molecular weight is 408 g/mol. The number of fused-ring (bicyclic) bond motifs is 1. The highest BCUT2D eigenvalue weighted by Crippen LogP contribution is 2.32. The molecule has 0 unspecified atom stereocenters. The number of anilines is 1. The van der Waals surface area contributed by atoms with Crippen LogP contribution in [0.15, 0.2) is 36.4 Å². The van der Waals surface area contributed by atoms with Crippen LogP contribution in [0.3, 0.4) is 0 Å². The van der Waals surface area contributed by atoms with E-state index in [0.717, 1.165) is 37.2 Å². The number of carbonyl (C=O) groups excluding carboxylic acids is 2. The van der Waals surface area contributed by atoms with E-state index in [1.807, 2.05) is 38.1 Å². The third-order valence-electron chi connectivity index (χ3n) is 5.81. The van der Waals surface area contributed by atoms with Gasteiger partial charge in [0, 0.05) is 17.2 Å². The van der Waals surface area contributed by atoms with Crippen molar-refractivity contribution in [1.29, 1.82) is 0 Å². The summed E-state index contributed by atoms with van der Waals surface area (Å²) in [4.78, 5) is 27.5. The Kier molecular flexibility index (Phi) is 6.04. The molecule has 4 rings (SSSR count). The van der Waals surface area contributed by atoms with Gasteiger partial charge in [0.15, 0.2) is 17.3 Å². The number of ketones is 1.